The first-order valence-corrected chi connectivity index (χ1v) is 11.7. The van der Waals surface area contributed by atoms with Gasteiger partial charge in [-0.05, 0) is 67.6 Å². The summed E-state index contributed by atoms with van der Waals surface area (Å²) in [5, 5.41) is 0. The summed E-state index contributed by atoms with van der Waals surface area (Å²) in [6, 6.07) is 20.9. The van der Waals surface area contributed by atoms with E-state index in [-0.39, 0.29) is 15.4 Å². The number of fused-ring (bicyclic) bond motifs is 1. The summed E-state index contributed by atoms with van der Waals surface area (Å²) in [6.07, 6.45) is 1.42. The molecule has 1 heterocycles. The molecule has 0 aliphatic carbocycles. The summed E-state index contributed by atoms with van der Waals surface area (Å²) < 4.78 is 32.1. The number of rotatable bonds is 6. The average Bonchev–Trinajstić information content (AvgIpc) is 2.80. The molecule has 4 rings (SSSR count). The Hall–Kier alpha value is -3.58. The highest BCUT2D eigenvalue weighted by molar-refractivity contribution is 7.96. The average molecular weight is 449 g/mol. The van der Waals surface area contributed by atoms with Crippen molar-refractivity contribution in [3.63, 3.8) is 0 Å². The van der Waals surface area contributed by atoms with Gasteiger partial charge < -0.3 is 14.5 Å². The second-order valence-electron chi connectivity index (χ2n) is 7.53. The molecule has 0 saturated heterocycles. The number of nitrogens with zero attached hydrogens (tertiary/aromatic N) is 2. The van der Waals surface area contributed by atoms with E-state index >= 15 is 0 Å². The molecule has 0 N–H and O–H groups in total. The molecule has 0 atom stereocenters. The van der Waals surface area contributed by atoms with E-state index in [0.717, 1.165) is 11.4 Å². The maximum Gasteiger partial charge on any atom is 0.214 e. The van der Waals surface area contributed by atoms with Gasteiger partial charge in [0.2, 0.25) is 15.6 Å². The number of hydrogen-bond donors (Lipinski definition) is 0. The van der Waals surface area contributed by atoms with Crippen LogP contribution >= 0.6 is 0 Å². The lowest BCUT2D eigenvalue weighted by atomic mass is 10.1. The van der Waals surface area contributed by atoms with Gasteiger partial charge >= 0.3 is 0 Å². The summed E-state index contributed by atoms with van der Waals surface area (Å²) in [4.78, 5) is 16.9. The van der Waals surface area contributed by atoms with E-state index < -0.39 is 15.6 Å². The number of allylic oxidation sites excluding steroid dienone is 1. The third-order valence-electron chi connectivity index (χ3n) is 5.25. The minimum absolute atomic E-state index is 0.105. The monoisotopic (exact) mass is 448 g/mol. The van der Waals surface area contributed by atoms with Crippen molar-refractivity contribution in [1.29, 1.82) is 0 Å². The first kappa shape index (κ1) is 21.6. The maximum atomic E-state index is 13.4. The summed E-state index contributed by atoms with van der Waals surface area (Å²) >= 11 is 0. The minimum Gasteiger partial charge on any atom is -0.494 e. The smallest absolute Gasteiger partial charge is 0.214 e. The predicted octanol–water partition coefficient (Wildman–Crippen LogP) is 4.80. The molecule has 7 heteroatoms. The van der Waals surface area contributed by atoms with Gasteiger partial charge in [0.1, 0.15) is 10.7 Å². The summed E-state index contributed by atoms with van der Waals surface area (Å²) in [5.41, 5.74) is 2.56. The molecule has 3 aromatic rings. The third kappa shape index (κ3) is 3.87. The normalized spacial score (nSPS) is 14.3. The standard InChI is InChI=1S/C25H24N2O4S/c1-4-31-21-15-9-18(10-16-21)25(28)24-17-27(20-13-11-19(12-14-20)26(2)3)22-7-5-6-8-23(22)32(24,29)30/h5-17H,4H2,1-3H3. The summed E-state index contributed by atoms with van der Waals surface area (Å²) in [6.45, 7) is 2.38. The number of benzene rings is 3. The quantitative estimate of drug-likeness (QED) is 0.505. The van der Waals surface area contributed by atoms with E-state index in [2.05, 4.69) is 0 Å². The van der Waals surface area contributed by atoms with Crippen LogP contribution in [0.3, 0.4) is 0 Å². The molecule has 164 valence electrons. The second kappa shape index (κ2) is 8.51. The van der Waals surface area contributed by atoms with Gasteiger partial charge in [-0.2, -0.15) is 0 Å². The highest BCUT2D eigenvalue weighted by Crippen LogP contribution is 2.40. The largest absolute Gasteiger partial charge is 0.494 e. The van der Waals surface area contributed by atoms with Crippen LogP contribution in [0.15, 0.2) is 88.8 Å². The molecule has 32 heavy (non-hydrogen) atoms. The third-order valence-corrected chi connectivity index (χ3v) is 7.04. The van der Waals surface area contributed by atoms with E-state index in [4.69, 9.17) is 4.74 Å². The van der Waals surface area contributed by atoms with Gasteiger partial charge in [-0.3, -0.25) is 4.79 Å². The molecular weight excluding hydrogens is 424 g/mol. The lowest BCUT2D eigenvalue weighted by molar-refractivity contribution is 0.104. The number of sulfone groups is 1. The van der Waals surface area contributed by atoms with Gasteiger partial charge in [0.05, 0.1) is 17.2 Å². The van der Waals surface area contributed by atoms with Crippen molar-refractivity contribution in [1.82, 2.24) is 0 Å². The number of ketones is 1. The number of carbonyl (C=O) groups is 1. The Morgan fingerprint density at radius 1 is 0.938 bits per heavy atom. The highest BCUT2D eigenvalue weighted by Gasteiger charge is 2.36. The van der Waals surface area contributed by atoms with E-state index in [1.54, 1.807) is 47.4 Å². The molecule has 0 bridgehead atoms. The zero-order chi connectivity index (χ0) is 22.9. The zero-order valence-electron chi connectivity index (χ0n) is 18.1. The molecule has 0 spiro atoms. The van der Waals surface area contributed by atoms with Gasteiger partial charge in [-0.15, -0.1) is 0 Å². The van der Waals surface area contributed by atoms with Gasteiger partial charge in [0.15, 0.2) is 0 Å². The van der Waals surface area contributed by atoms with E-state index in [1.165, 1.54) is 12.3 Å². The lowest BCUT2D eigenvalue weighted by Gasteiger charge is -2.29. The number of carbonyl (C=O) groups excluding carboxylic acids is 1. The summed E-state index contributed by atoms with van der Waals surface area (Å²) in [5.74, 6) is 0.0648. The lowest BCUT2D eigenvalue weighted by Crippen LogP contribution is -2.25. The molecule has 1 aliphatic rings. The number of Topliss-reactive ketones (excluding diaryl/α,β-unsaturated/α-hetero) is 1. The fourth-order valence-corrected chi connectivity index (χ4v) is 5.12. The molecule has 0 radical (unpaired) electrons. The number of ether oxygens (including phenoxy) is 1. The van der Waals surface area contributed by atoms with Crippen molar-refractivity contribution in [2.24, 2.45) is 0 Å². The van der Waals surface area contributed by atoms with Gasteiger partial charge in [-0.25, -0.2) is 8.42 Å². The molecule has 6 nitrogen and oxygen atoms in total. The fourth-order valence-electron chi connectivity index (χ4n) is 3.58. The molecular formula is C25H24N2O4S. The maximum absolute atomic E-state index is 13.4. The second-order valence-corrected chi connectivity index (χ2v) is 9.42. The van der Waals surface area contributed by atoms with Gasteiger partial charge in [-0.1, -0.05) is 12.1 Å². The van der Waals surface area contributed by atoms with Gasteiger partial charge in [0.25, 0.3) is 0 Å². The van der Waals surface area contributed by atoms with Crippen LogP contribution in [0, 0.1) is 0 Å². The first-order chi connectivity index (χ1) is 15.3. The van der Waals surface area contributed by atoms with Crippen LogP contribution in [0.1, 0.15) is 17.3 Å². The number of para-hydroxylation sites is 1. The predicted molar refractivity (Wildman–Crippen MR) is 127 cm³/mol. The van der Waals surface area contributed by atoms with Crippen LogP contribution in [0.2, 0.25) is 0 Å². The van der Waals surface area contributed by atoms with E-state index in [9.17, 15) is 13.2 Å². The van der Waals surface area contributed by atoms with Crippen molar-refractivity contribution >= 4 is 32.7 Å². The molecule has 0 unspecified atom stereocenters. The van der Waals surface area contributed by atoms with Crippen molar-refractivity contribution in [3.8, 4) is 5.75 Å². The molecule has 0 aromatic heterocycles. The van der Waals surface area contributed by atoms with Crippen LogP contribution in [-0.4, -0.2) is 34.9 Å². The number of anilines is 3. The Bertz CT molecular complexity index is 1280. The highest BCUT2D eigenvalue weighted by atomic mass is 32.2. The number of hydrogen-bond acceptors (Lipinski definition) is 6. The van der Waals surface area contributed by atoms with Crippen LogP contribution in [0.25, 0.3) is 0 Å². The van der Waals surface area contributed by atoms with Gasteiger partial charge in [0, 0.05) is 37.2 Å². The molecule has 1 aliphatic heterocycles. The van der Waals surface area contributed by atoms with Crippen LogP contribution in [-0.2, 0) is 9.84 Å². The Morgan fingerprint density at radius 2 is 1.59 bits per heavy atom. The Labute approximate surface area is 188 Å². The molecule has 0 fully saturated rings. The molecule has 0 saturated carbocycles. The summed E-state index contributed by atoms with van der Waals surface area (Å²) in [7, 11) is -0.0833. The first-order valence-electron chi connectivity index (χ1n) is 10.2. The Balaban J connectivity index is 1.81. The van der Waals surface area contributed by atoms with Crippen LogP contribution in [0.4, 0.5) is 17.1 Å². The molecule has 3 aromatic carbocycles. The minimum atomic E-state index is -3.98. The zero-order valence-corrected chi connectivity index (χ0v) is 19.0. The fraction of sp³-hybridized carbons (Fsp3) is 0.160. The van der Waals surface area contributed by atoms with Crippen molar-refractivity contribution in [2.75, 3.05) is 30.5 Å². The Morgan fingerprint density at radius 3 is 2.22 bits per heavy atom. The topological polar surface area (TPSA) is 66.9 Å². The SMILES string of the molecule is CCOc1ccc(C(=O)C2=CN(c3ccc(N(C)C)cc3)c3ccccc3S2(=O)=O)cc1. The van der Waals surface area contributed by atoms with Crippen molar-refractivity contribution < 1.29 is 17.9 Å². The van der Waals surface area contributed by atoms with Crippen molar-refractivity contribution in [3.05, 3.63) is 89.5 Å². The van der Waals surface area contributed by atoms with Crippen LogP contribution < -0.4 is 14.5 Å². The van der Waals surface area contributed by atoms with Crippen molar-refractivity contribution in [2.45, 2.75) is 11.8 Å². The Kier molecular flexibility index (Phi) is 5.76. The molecule has 0 amide bonds. The van der Waals surface area contributed by atoms with E-state index in [0.29, 0.717) is 18.0 Å². The van der Waals surface area contributed by atoms with Crippen LogP contribution in [0.5, 0.6) is 5.75 Å². The van der Waals surface area contributed by atoms with E-state index in [1.807, 2.05) is 50.2 Å².